The molecule has 152 valence electrons. The SMILES string of the molecule is CO.C[C@H]1OC(c2cccc(C(=O)Nc3ccc4ncccc4c3)c2)CCC1O. The summed E-state index contributed by atoms with van der Waals surface area (Å²) in [4.78, 5) is 17.0. The van der Waals surface area contributed by atoms with Gasteiger partial charge in [0, 0.05) is 29.9 Å². The topological polar surface area (TPSA) is 91.7 Å². The average Bonchev–Trinajstić information content (AvgIpc) is 2.77. The minimum absolute atomic E-state index is 0.0945. The fourth-order valence-corrected chi connectivity index (χ4v) is 3.46. The van der Waals surface area contributed by atoms with Crippen LogP contribution in [0.3, 0.4) is 0 Å². The fourth-order valence-electron chi connectivity index (χ4n) is 3.46. The minimum atomic E-state index is -0.421. The Balaban J connectivity index is 0.00000117. The Morgan fingerprint density at radius 3 is 2.72 bits per heavy atom. The van der Waals surface area contributed by atoms with Gasteiger partial charge in [0.2, 0.25) is 0 Å². The third kappa shape index (κ3) is 4.98. The summed E-state index contributed by atoms with van der Waals surface area (Å²) in [6, 6.07) is 17.0. The number of carbonyl (C=O) groups is 1. The molecule has 29 heavy (non-hydrogen) atoms. The lowest BCUT2D eigenvalue weighted by Crippen LogP contribution is -2.33. The number of hydrogen-bond acceptors (Lipinski definition) is 5. The molecular formula is C23H26N2O4. The van der Waals surface area contributed by atoms with Gasteiger partial charge in [-0.25, -0.2) is 0 Å². The van der Waals surface area contributed by atoms with Crippen LogP contribution in [0.2, 0.25) is 0 Å². The van der Waals surface area contributed by atoms with Crippen LogP contribution in [0.1, 0.15) is 41.8 Å². The van der Waals surface area contributed by atoms with E-state index in [4.69, 9.17) is 9.84 Å². The Morgan fingerprint density at radius 2 is 1.93 bits per heavy atom. The van der Waals surface area contributed by atoms with E-state index in [1.165, 1.54) is 0 Å². The van der Waals surface area contributed by atoms with Gasteiger partial charge in [-0.1, -0.05) is 18.2 Å². The molecule has 0 aliphatic carbocycles. The first-order chi connectivity index (χ1) is 14.1. The highest BCUT2D eigenvalue weighted by Crippen LogP contribution is 2.31. The number of aliphatic hydroxyl groups excluding tert-OH is 2. The van der Waals surface area contributed by atoms with Gasteiger partial charge in [0.1, 0.15) is 0 Å². The first kappa shape index (κ1) is 20.9. The largest absolute Gasteiger partial charge is 0.400 e. The molecule has 2 heterocycles. The van der Waals surface area contributed by atoms with Crippen LogP contribution in [0.15, 0.2) is 60.8 Å². The smallest absolute Gasteiger partial charge is 0.255 e. The van der Waals surface area contributed by atoms with Crippen molar-refractivity contribution in [2.75, 3.05) is 12.4 Å². The number of anilines is 1. The van der Waals surface area contributed by atoms with Gasteiger partial charge in [-0.15, -0.1) is 0 Å². The van der Waals surface area contributed by atoms with Crippen molar-refractivity contribution >= 4 is 22.5 Å². The molecule has 6 heteroatoms. The lowest BCUT2D eigenvalue weighted by molar-refractivity contribution is -0.110. The number of hydrogen-bond donors (Lipinski definition) is 3. The predicted octanol–water partition coefficient (Wildman–Crippen LogP) is 3.70. The molecule has 0 radical (unpaired) electrons. The van der Waals surface area contributed by atoms with Crippen molar-refractivity contribution in [2.45, 2.75) is 38.1 Å². The third-order valence-corrected chi connectivity index (χ3v) is 5.03. The number of aromatic nitrogens is 1. The molecule has 1 aliphatic rings. The van der Waals surface area contributed by atoms with E-state index in [1.54, 1.807) is 12.3 Å². The highest BCUT2D eigenvalue weighted by atomic mass is 16.5. The molecule has 3 atom stereocenters. The zero-order valence-corrected chi connectivity index (χ0v) is 16.6. The van der Waals surface area contributed by atoms with Gasteiger partial charge in [-0.3, -0.25) is 9.78 Å². The van der Waals surface area contributed by atoms with Crippen molar-refractivity contribution < 1.29 is 19.7 Å². The molecule has 1 amide bonds. The number of aliphatic hydroxyl groups is 2. The van der Waals surface area contributed by atoms with Gasteiger partial charge < -0.3 is 20.3 Å². The van der Waals surface area contributed by atoms with Gasteiger partial charge >= 0.3 is 0 Å². The quantitative estimate of drug-likeness (QED) is 0.630. The summed E-state index contributed by atoms with van der Waals surface area (Å²) in [7, 11) is 1.00. The Bertz CT molecular complexity index is 976. The van der Waals surface area contributed by atoms with Crippen LogP contribution in [0.4, 0.5) is 5.69 Å². The summed E-state index contributed by atoms with van der Waals surface area (Å²) in [5, 5.41) is 20.8. The van der Waals surface area contributed by atoms with Crippen LogP contribution in [-0.4, -0.2) is 40.4 Å². The minimum Gasteiger partial charge on any atom is -0.400 e. The molecule has 4 rings (SSSR count). The van der Waals surface area contributed by atoms with Gasteiger partial charge in [0.05, 0.1) is 23.8 Å². The lowest BCUT2D eigenvalue weighted by Gasteiger charge is -2.32. The standard InChI is InChI=1S/C22H22N2O3.CH4O/c1-14-20(25)9-10-21(27-14)16-4-2-5-17(12-16)22(26)24-18-7-8-19-15(13-18)6-3-11-23-19;1-2/h2-8,11-14,20-21,25H,9-10H2,1H3,(H,24,26);2H,1H3/t14-,20?,21?;/m1./s1. The van der Waals surface area contributed by atoms with Crippen molar-refractivity contribution in [3.63, 3.8) is 0 Å². The summed E-state index contributed by atoms with van der Waals surface area (Å²) < 4.78 is 5.90. The second-order valence-electron chi connectivity index (χ2n) is 6.97. The molecule has 2 unspecified atom stereocenters. The van der Waals surface area contributed by atoms with Gasteiger partial charge in [-0.2, -0.15) is 0 Å². The van der Waals surface area contributed by atoms with E-state index in [9.17, 15) is 9.90 Å². The number of fused-ring (bicyclic) bond motifs is 1. The summed E-state index contributed by atoms with van der Waals surface area (Å²) >= 11 is 0. The van der Waals surface area contributed by atoms with Crippen LogP contribution in [0.5, 0.6) is 0 Å². The Morgan fingerprint density at radius 1 is 1.10 bits per heavy atom. The molecular weight excluding hydrogens is 368 g/mol. The normalized spacial score (nSPS) is 21.2. The number of nitrogens with one attached hydrogen (secondary N) is 1. The Kier molecular flexibility index (Phi) is 6.93. The molecule has 1 saturated heterocycles. The van der Waals surface area contributed by atoms with Gasteiger partial charge in [0.25, 0.3) is 5.91 Å². The number of pyridine rings is 1. The van der Waals surface area contributed by atoms with Crippen LogP contribution in [-0.2, 0) is 4.74 Å². The van der Waals surface area contributed by atoms with Crippen molar-refractivity contribution in [1.82, 2.24) is 4.98 Å². The van der Waals surface area contributed by atoms with E-state index < -0.39 is 6.10 Å². The van der Waals surface area contributed by atoms with E-state index in [-0.39, 0.29) is 18.1 Å². The monoisotopic (exact) mass is 394 g/mol. The molecule has 0 spiro atoms. The maximum absolute atomic E-state index is 12.7. The Labute approximate surface area is 170 Å². The van der Waals surface area contributed by atoms with Crippen molar-refractivity contribution in [1.29, 1.82) is 0 Å². The van der Waals surface area contributed by atoms with Crippen molar-refractivity contribution in [2.24, 2.45) is 0 Å². The lowest BCUT2D eigenvalue weighted by atomic mass is 9.96. The number of rotatable bonds is 3. The maximum Gasteiger partial charge on any atom is 0.255 e. The second kappa shape index (κ2) is 9.60. The third-order valence-electron chi connectivity index (χ3n) is 5.03. The van der Waals surface area contributed by atoms with Crippen molar-refractivity contribution in [3.8, 4) is 0 Å². The molecule has 0 bridgehead atoms. The van der Waals surface area contributed by atoms with Crippen LogP contribution in [0, 0.1) is 0 Å². The molecule has 3 N–H and O–H groups in total. The first-order valence-corrected chi connectivity index (χ1v) is 9.64. The number of ether oxygens (including phenoxy) is 1. The molecule has 2 aromatic carbocycles. The van der Waals surface area contributed by atoms with Gasteiger partial charge in [0.15, 0.2) is 0 Å². The van der Waals surface area contributed by atoms with Gasteiger partial charge in [-0.05, 0) is 61.7 Å². The van der Waals surface area contributed by atoms with E-state index in [2.05, 4.69) is 10.3 Å². The van der Waals surface area contributed by atoms with E-state index in [0.29, 0.717) is 12.0 Å². The number of amides is 1. The second-order valence-corrected chi connectivity index (χ2v) is 6.97. The molecule has 1 aromatic heterocycles. The van der Waals surface area contributed by atoms with E-state index in [1.807, 2.05) is 55.5 Å². The molecule has 6 nitrogen and oxygen atoms in total. The number of carbonyl (C=O) groups excluding carboxylic acids is 1. The highest BCUT2D eigenvalue weighted by Gasteiger charge is 2.27. The highest BCUT2D eigenvalue weighted by molar-refractivity contribution is 6.05. The van der Waals surface area contributed by atoms with Crippen LogP contribution < -0.4 is 5.32 Å². The molecule has 3 aromatic rings. The summed E-state index contributed by atoms with van der Waals surface area (Å²) in [5.41, 5.74) is 3.17. The molecule has 1 fully saturated rings. The van der Waals surface area contributed by atoms with Crippen molar-refractivity contribution in [3.05, 3.63) is 71.9 Å². The predicted molar refractivity (Wildman–Crippen MR) is 113 cm³/mol. The zero-order valence-electron chi connectivity index (χ0n) is 16.6. The number of nitrogens with zero attached hydrogens (tertiary/aromatic N) is 1. The average molecular weight is 394 g/mol. The maximum atomic E-state index is 12.7. The molecule has 1 aliphatic heterocycles. The van der Waals surface area contributed by atoms with Crippen LogP contribution >= 0.6 is 0 Å². The Hall–Kier alpha value is -2.80. The summed E-state index contributed by atoms with van der Waals surface area (Å²) in [5.74, 6) is -0.163. The van der Waals surface area contributed by atoms with Crippen LogP contribution in [0.25, 0.3) is 10.9 Å². The summed E-state index contributed by atoms with van der Waals surface area (Å²) in [6.07, 6.45) is 2.48. The number of benzene rings is 2. The first-order valence-electron chi connectivity index (χ1n) is 9.64. The zero-order chi connectivity index (χ0) is 20.8. The summed E-state index contributed by atoms with van der Waals surface area (Å²) in [6.45, 7) is 1.88. The fraction of sp³-hybridized carbons (Fsp3) is 0.304. The van der Waals surface area contributed by atoms with E-state index in [0.717, 1.165) is 35.7 Å². The van der Waals surface area contributed by atoms with E-state index >= 15 is 0 Å². The molecule has 0 saturated carbocycles.